The zero-order valence-electron chi connectivity index (χ0n) is 10.1. The molecule has 3 rings (SSSR count). The summed E-state index contributed by atoms with van der Waals surface area (Å²) < 4.78 is 5.89. The number of nitrogens with zero attached hydrogens (tertiary/aromatic N) is 2. The highest BCUT2D eigenvalue weighted by Crippen LogP contribution is 2.35. The maximum Gasteiger partial charge on any atom is 0.204 e. The van der Waals surface area contributed by atoms with Crippen LogP contribution in [0, 0.1) is 0 Å². The lowest BCUT2D eigenvalue weighted by Crippen LogP contribution is -2.29. The van der Waals surface area contributed by atoms with Gasteiger partial charge in [-0.25, -0.2) is 4.98 Å². The summed E-state index contributed by atoms with van der Waals surface area (Å²) >= 11 is 0. The fourth-order valence-electron chi connectivity index (χ4n) is 2.72. The van der Waals surface area contributed by atoms with E-state index in [1.54, 1.807) is 6.20 Å². The number of pyridine rings is 1. The molecule has 1 aliphatic rings. The van der Waals surface area contributed by atoms with Crippen molar-refractivity contribution in [2.45, 2.75) is 31.6 Å². The molecule has 2 aromatic heterocycles. The van der Waals surface area contributed by atoms with E-state index in [1.165, 1.54) is 0 Å². The highest BCUT2D eigenvalue weighted by molar-refractivity contribution is 5.67. The summed E-state index contributed by atoms with van der Waals surface area (Å²) in [7, 11) is 0. The van der Waals surface area contributed by atoms with Gasteiger partial charge in [0.2, 0.25) is 5.89 Å². The summed E-state index contributed by atoms with van der Waals surface area (Å²) in [4.78, 5) is 8.81. The lowest BCUT2D eigenvalue weighted by molar-refractivity contribution is 0.331. The average Bonchev–Trinajstić information content (AvgIpc) is 2.95. The van der Waals surface area contributed by atoms with Crippen LogP contribution in [0.5, 0.6) is 0 Å². The molecule has 1 saturated heterocycles. The summed E-state index contributed by atoms with van der Waals surface area (Å²) in [5.41, 5.74) is 1.60. The van der Waals surface area contributed by atoms with E-state index in [-0.39, 0.29) is 5.41 Å². The molecular formula is C13H17N3O. The molecule has 1 fully saturated rings. The molecule has 0 radical (unpaired) electrons. The van der Waals surface area contributed by atoms with Gasteiger partial charge in [0, 0.05) is 12.7 Å². The van der Waals surface area contributed by atoms with Crippen LogP contribution in [0.25, 0.3) is 11.2 Å². The van der Waals surface area contributed by atoms with Crippen LogP contribution in [0.4, 0.5) is 0 Å². The molecule has 1 aliphatic heterocycles. The van der Waals surface area contributed by atoms with E-state index < -0.39 is 0 Å². The van der Waals surface area contributed by atoms with Gasteiger partial charge in [-0.05, 0) is 31.5 Å². The Bertz CT molecular complexity index is 481. The minimum atomic E-state index is 0.0788. The first-order valence-electron chi connectivity index (χ1n) is 6.27. The molecule has 4 nitrogen and oxygen atoms in total. The molecule has 0 amide bonds. The van der Waals surface area contributed by atoms with Gasteiger partial charge in [0.1, 0.15) is 0 Å². The minimum Gasteiger partial charge on any atom is -0.438 e. The summed E-state index contributed by atoms with van der Waals surface area (Å²) in [5, 5.41) is 3.42. The van der Waals surface area contributed by atoms with E-state index >= 15 is 0 Å². The molecule has 0 saturated carbocycles. The van der Waals surface area contributed by atoms with Crippen molar-refractivity contribution in [2.24, 2.45) is 0 Å². The third kappa shape index (κ3) is 1.72. The van der Waals surface area contributed by atoms with E-state index in [0.29, 0.717) is 0 Å². The topological polar surface area (TPSA) is 51.0 Å². The molecule has 0 spiro atoms. The van der Waals surface area contributed by atoms with Crippen molar-refractivity contribution in [3.05, 3.63) is 24.2 Å². The van der Waals surface area contributed by atoms with Gasteiger partial charge >= 0.3 is 0 Å². The van der Waals surface area contributed by atoms with E-state index in [2.05, 4.69) is 22.2 Å². The number of oxazole rings is 1. The number of rotatable bonds is 3. The van der Waals surface area contributed by atoms with Crippen LogP contribution in [0.3, 0.4) is 0 Å². The number of fused-ring (bicyclic) bond motifs is 1. The predicted molar refractivity (Wildman–Crippen MR) is 65.9 cm³/mol. The van der Waals surface area contributed by atoms with E-state index in [1.807, 2.05) is 12.1 Å². The molecule has 1 unspecified atom stereocenters. The second-order valence-corrected chi connectivity index (χ2v) is 4.80. The maximum atomic E-state index is 5.89. The molecule has 0 bridgehead atoms. The van der Waals surface area contributed by atoms with Gasteiger partial charge in [-0.2, -0.15) is 4.98 Å². The van der Waals surface area contributed by atoms with Gasteiger partial charge in [-0.15, -0.1) is 0 Å². The second kappa shape index (κ2) is 4.11. The largest absolute Gasteiger partial charge is 0.438 e. The predicted octanol–water partition coefficient (Wildman–Crippen LogP) is 2.25. The normalized spacial score (nSPS) is 24.5. The SMILES string of the molecule is CCCC1(c2nc3ncccc3o2)CCNC1. The van der Waals surface area contributed by atoms with Gasteiger partial charge < -0.3 is 9.73 Å². The molecule has 17 heavy (non-hydrogen) atoms. The zero-order chi connectivity index (χ0) is 11.7. The van der Waals surface area contributed by atoms with E-state index in [0.717, 1.165) is 49.5 Å². The Balaban J connectivity index is 2.05. The highest BCUT2D eigenvalue weighted by Gasteiger charge is 2.39. The molecular weight excluding hydrogens is 214 g/mol. The number of aromatic nitrogens is 2. The number of hydrogen-bond acceptors (Lipinski definition) is 4. The van der Waals surface area contributed by atoms with Gasteiger partial charge in [0.25, 0.3) is 0 Å². The molecule has 1 N–H and O–H groups in total. The average molecular weight is 231 g/mol. The highest BCUT2D eigenvalue weighted by atomic mass is 16.4. The van der Waals surface area contributed by atoms with Crippen LogP contribution in [0.2, 0.25) is 0 Å². The Morgan fingerprint density at radius 3 is 3.18 bits per heavy atom. The van der Waals surface area contributed by atoms with Crippen molar-refractivity contribution in [2.75, 3.05) is 13.1 Å². The van der Waals surface area contributed by atoms with Crippen molar-refractivity contribution in [3.8, 4) is 0 Å². The molecule has 1 atom stereocenters. The van der Waals surface area contributed by atoms with Crippen molar-refractivity contribution >= 4 is 11.2 Å². The van der Waals surface area contributed by atoms with Crippen LogP contribution < -0.4 is 5.32 Å². The molecule has 2 aromatic rings. The molecule has 0 aromatic carbocycles. The monoisotopic (exact) mass is 231 g/mol. The lowest BCUT2D eigenvalue weighted by Gasteiger charge is -2.23. The maximum absolute atomic E-state index is 5.89. The Labute approximate surface area is 100 Å². The Hall–Kier alpha value is -1.42. The van der Waals surface area contributed by atoms with Gasteiger partial charge in [-0.1, -0.05) is 13.3 Å². The first-order chi connectivity index (χ1) is 8.34. The smallest absolute Gasteiger partial charge is 0.204 e. The van der Waals surface area contributed by atoms with Gasteiger partial charge in [0.05, 0.1) is 5.41 Å². The van der Waals surface area contributed by atoms with Crippen molar-refractivity contribution in [3.63, 3.8) is 0 Å². The van der Waals surface area contributed by atoms with E-state index in [9.17, 15) is 0 Å². The zero-order valence-corrected chi connectivity index (χ0v) is 10.1. The van der Waals surface area contributed by atoms with Crippen LogP contribution >= 0.6 is 0 Å². The Kier molecular flexibility index (Phi) is 2.59. The van der Waals surface area contributed by atoms with Crippen molar-refractivity contribution in [1.82, 2.24) is 15.3 Å². The third-order valence-corrected chi connectivity index (χ3v) is 3.59. The van der Waals surface area contributed by atoms with Crippen LogP contribution in [0.1, 0.15) is 32.1 Å². The van der Waals surface area contributed by atoms with E-state index in [4.69, 9.17) is 4.42 Å². The Morgan fingerprint density at radius 1 is 1.53 bits per heavy atom. The van der Waals surface area contributed by atoms with Crippen molar-refractivity contribution in [1.29, 1.82) is 0 Å². The summed E-state index contributed by atoms with van der Waals surface area (Å²) in [6.45, 7) is 4.22. The lowest BCUT2D eigenvalue weighted by atomic mass is 9.82. The fraction of sp³-hybridized carbons (Fsp3) is 0.538. The molecule has 4 heteroatoms. The second-order valence-electron chi connectivity index (χ2n) is 4.80. The quantitative estimate of drug-likeness (QED) is 0.880. The van der Waals surface area contributed by atoms with Gasteiger partial charge in [-0.3, -0.25) is 0 Å². The minimum absolute atomic E-state index is 0.0788. The number of hydrogen-bond donors (Lipinski definition) is 1. The summed E-state index contributed by atoms with van der Waals surface area (Å²) in [6, 6.07) is 3.82. The van der Waals surface area contributed by atoms with Crippen molar-refractivity contribution < 1.29 is 4.42 Å². The number of nitrogens with one attached hydrogen (secondary N) is 1. The summed E-state index contributed by atoms with van der Waals surface area (Å²) in [5.74, 6) is 0.859. The standard InChI is InChI=1S/C13H17N3O/c1-2-5-13(6-8-14-9-13)12-16-11-10(17-12)4-3-7-15-11/h3-4,7,14H,2,5-6,8-9H2,1H3. The van der Waals surface area contributed by atoms with Gasteiger partial charge in [0.15, 0.2) is 11.2 Å². The van der Waals surface area contributed by atoms with Crippen LogP contribution in [-0.4, -0.2) is 23.1 Å². The third-order valence-electron chi connectivity index (χ3n) is 3.59. The van der Waals surface area contributed by atoms with Crippen LogP contribution in [0.15, 0.2) is 22.7 Å². The summed E-state index contributed by atoms with van der Waals surface area (Å²) in [6.07, 6.45) is 5.13. The first kappa shape index (κ1) is 10.7. The Morgan fingerprint density at radius 2 is 2.47 bits per heavy atom. The molecule has 90 valence electrons. The fourth-order valence-corrected chi connectivity index (χ4v) is 2.72. The molecule has 0 aliphatic carbocycles. The van der Waals surface area contributed by atoms with Crippen LogP contribution in [-0.2, 0) is 5.41 Å². The first-order valence-corrected chi connectivity index (χ1v) is 6.27. The molecule has 3 heterocycles.